The van der Waals surface area contributed by atoms with Gasteiger partial charge in [-0.25, -0.2) is 4.98 Å². The van der Waals surface area contributed by atoms with Gasteiger partial charge in [0.05, 0.1) is 11.6 Å². The molecular formula is C14H15N5. The monoisotopic (exact) mass is 253 g/mol. The molecule has 0 amide bonds. The van der Waals surface area contributed by atoms with Crippen LogP contribution in [0.1, 0.15) is 18.1 Å². The lowest BCUT2D eigenvalue weighted by molar-refractivity contribution is 1.05. The van der Waals surface area contributed by atoms with Gasteiger partial charge in [0.1, 0.15) is 5.82 Å². The second-order valence-electron chi connectivity index (χ2n) is 3.96. The van der Waals surface area contributed by atoms with Crippen LogP contribution in [-0.4, -0.2) is 16.5 Å². The zero-order valence-corrected chi connectivity index (χ0v) is 10.7. The molecule has 0 spiro atoms. The third-order valence-electron chi connectivity index (χ3n) is 2.52. The van der Waals surface area contributed by atoms with Crippen LogP contribution < -0.4 is 10.6 Å². The molecule has 2 aromatic rings. The number of aromatic nitrogens is 2. The fraction of sp³-hybridized carbons (Fsp3) is 0.214. The van der Waals surface area contributed by atoms with Crippen molar-refractivity contribution >= 4 is 11.8 Å². The topological polar surface area (TPSA) is 73.6 Å². The molecule has 0 atom stereocenters. The average molecular weight is 253 g/mol. The summed E-state index contributed by atoms with van der Waals surface area (Å²) >= 11 is 0. The quantitative estimate of drug-likeness (QED) is 0.855. The summed E-state index contributed by atoms with van der Waals surface area (Å²) in [6, 6.07) is 11.4. The van der Waals surface area contributed by atoms with E-state index in [1.165, 1.54) is 0 Å². The van der Waals surface area contributed by atoms with Crippen molar-refractivity contribution in [3.8, 4) is 6.07 Å². The number of nitrogens with zero attached hydrogens (tertiary/aromatic N) is 3. The van der Waals surface area contributed by atoms with Crippen molar-refractivity contribution in [1.29, 1.82) is 5.26 Å². The molecule has 0 saturated carbocycles. The first-order valence-electron chi connectivity index (χ1n) is 6.11. The predicted molar refractivity (Wildman–Crippen MR) is 74.7 cm³/mol. The van der Waals surface area contributed by atoms with E-state index in [0.717, 1.165) is 17.9 Å². The second kappa shape index (κ2) is 6.36. The van der Waals surface area contributed by atoms with Gasteiger partial charge in [0.15, 0.2) is 0 Å². The Morgan fingerprint density at radius 3 is 2.95 bits per heavy atom. The molecule has 0 fully saturated rings. The predicted octanol–water partition coefficient (Wildman–Crippen LogP) is 2.39. The van der Waals surface area contributed by atoms with Crippen LogP contribution in [0.15, 0.2) is 36.5 Å². The summed E-state index contributed by atoms with van der Waals surface area (Å²) in [5.74, 6) is 1.37. The van der Waals surface area contributed by atoms with Crippen molar-refractivity contribution in [1.82, 2.24) is 9.97 Å². The Kier molecular flexibility index (Phi) is 4.29. The second-order valence-corrected chi connectivity index (χ2v) is 3.96. The van der Waals surface area contributed by atoms with Crippen LogP contribution in [0.2, 0.25) is 0 Å². The highest BCUT2D eigenvalue weighted by molar-refractivity contribution is 5.41. The highest BCUT2D eigenvalue weighted by Gasteiger charge is 1.99. The molecule has 1 aromatic carbocycles. The lowest BCUT2D eigenvalue weighted by Gasteiger charge is -2.07. The Hall–Kier alpha value is -2.61. The summed E-state index contributed by atoms with van der Waals surface area (Å²) in [4.78, 5) is 8.43. The molecule has 96 valence electrons. The molecule has 0 bridgehead atoms. The summed E-state index contributed by atoms with van der Waals surface area (Å²) in [6.07, 6.45) is 1.71. The van der Waals surface area contributed by atoms with Crippen molar-refractivity contribution in [3.05, 3.63) is 47.7 Å². The average Bonchev–Trinajstić information content (AvgIpc) is 2.46. The Morgan fingerprint density at radius 1 is 1.26 bits per heavy atom. The number of benzene rings is 1. The lowest BCUT2D eigenvalue weighted by Crippen LogP contribution is -2.06. The molecular weight excluding hydrogens is 238 g/mol. The Bertz CT molecular complexity index is 588. The molecule has 19 heavy (non-hydrogen) atoms. The van der Waals surface area contributed by atoms with Gasteiger partial charge in [-0.15, -0.1) is 0 Å². The molecule has 1 aromatic heterocycles. The SMILES string of the molecule is CCNc1nccc(NCc2cccc(C#N)c2)n1. The molecule has 0 radical (unpaired) electrons. The van der Waals surface area contributed by atoms with Crippen LogP contribution in [0.4, 0.5) is 11.8 Å². The maximum absolute atomic E-state index is 8.84. The molecule has 0 unspecified atom stereocenters. The molecule has 5 nitrogen and oxygen atoms in total. The van der Waals surface area contributed by atoms with E-state index in [9.17, 15) is 0 Å². The minimum Gasteiger partial charge on any atom is -0.366 e. The third kappa shape index (κ3) is 3.68. The zero-order chi connectivity index (χ0) is 13.5. The van der Waals surface area contributed by atoms with Crippen LogP contribution in [-0.2, 0) is 6.54 Å². The van der Waals surface area contributed by atoms with E-state index in [2.05, 4.69) is 26.7 Å². The van der Waals surface area contributed by atoms with Crippen molar-refractivity contribution < 1.29 is 0 Å². The summed E-state index contributed by atoms with van der Waals surface area (Å²) in [6.45, 7) is 3.41. The summed E-state index contributed by atoms with van der Waals surface area (Å²) in [7, 11) is 0. The van der Waals surface area contributed by atoms with Gasteiger partial charge < -0.3 is 10.6 Å². The van der Waals surface area contributed by atoms with E-state index in [1.807, 2.05) is 31.2 Å². The summed E-state index contributed by atoms with van der Waals surface area (Å²) < 4.78 is 0. The lowest BCUT2D eigenvalue weighted by atomic mass is 10.1. The molecule has 5 heteroatoms. The minimum atomic E-state index is 0.610. The summed E-state index contributed by atoms with van der Waals surface area (Å²) in [5.41, 5.74) is 1.71. The van der Waals surface area contributed by atoms with Gasteiger partial charge in [-0.05, 0) is 30.7 Å². The van der Waals surface area contributed by atoms with Crippen LogP contribution in [0.25, 0.3) is 0 Å². The van der Waals surface area contributed by atoms with E-state index in [4.69, 9.17) is 5.26 Å². The van der Waals surface area contributed by atoms with Gasteiger partial charge in [-0.3, -0.25) is 0 Å². The van der Waals surface area contributed by atoms with Crippen molar-refractivity contribution in [2.24, 2.45) is 0 Å². The van der Waals surface area contributed by atoms with Gasteiger partial charge in [-0.1, -0.05) is 12.1 Å². The number of hydrogen-bond acceptors (Lipinski definition) is 5. The molecule has 1 heterocycles. The van der Waals surface area contributed by atoms with Crippen LogP contribution >= 0.6 is 0 Å². The van der Waals surface area contributed by atoms with Gasteiger partial charge >= 0.3 is 0 Å². The Balaban J connectivity index is 2.01. The van der Waals surface area contributed by atoms with E-state index in [0.29, 0.717) is 18.1 Å². The van der Waals surface area contributed by atoms with Crippen LogP contribution in [0.3, 0.4) is 0 Å². The van der Waals surface area contributed by atoms with Crippen LogP contribution in [0, 0.1) is 11.3 Å². The molecule has 0 aliphatic carbocycles. The molecule has 2 N–H and O–H groups in total. The maximum atomic E-state index is 8.84. The molecule has 0 aliphatic heterocycles. The standard InChI is InChI=1S/C14H15N5/c1-2-16-14-17-7-6-13(19-14)18-10-12-5-3-4-11(8-12)9-15/h3-8H,2,10H2,1H3,(H2,16,17,18,19). The maximum Gasteiger partial charge on any atom is 0.224 e. The Labute approximate surface area is 112 Å². The van der Waals surface area contributed by atoms with Crippen molar-refractivity contribution in [2.75, 3.05) is 17.2 Å². The van der Waals surface area contributed by atoms with Crippen molar-refractivity contribution in [3.63, 3.8) is 0 Å². The highest BCUT2D eigenvalue weighted by Crippen LogP contribution is 2.09. The normalized spacial score (nSPS) is 9.68. The van der Waals surface area contributed by atoms with Crippen molar-refractivity contribution in [2.45, 2.75) is 13.5 Å². The molecule has 2 rings (SSSR count). The number of anilines is 2. The third-order valence-corrected chi connectivity index (χ3v) is 2.52. The fourth-order valence-corrected chi connectivity index (χ4v) is 1.64. The van der Waals surface area contributed by atoms with Gasteiger partial charge in [0.2, 0.25) is 5.95 Å². The fourth-order valence-electron chi connectivity index (χ4n) is 1.64. The Morgan fingerprint density at radius 2 is 2.16 bits per heavy atom. The molecule has 0 saturated heterocycles. The largest absolute Gasteiger partial charge is 0.366 e. The smallest absolute Gasteiger partial charge is 0.224 e. The number of rotatable bonds is 5. The van der Waals surface area contributed by atoms with E-state index >= 15 is 0 Å². The minimum absolute atomic E-state index is 0.610. The summed E-state index contributed by atoms with van der Waals surface area (Å²) in [5, 5.41) is 15.1. The zero-order valence-electron chi connectivity index (χ0n) is 10.7. The van der Waals surface area contributed by atoms with Crippen LogP contribution in [0.5, 0.6) is 0 Å². The number of nitrogens with one attached hydrogen (secondary N) is 2. The van der Waals surface area contributed by atoms with E-state index in [-0.39, 0.29) is 0 Å². The first-order valence-corrected chi connectivity index (χ1v) is 6.11. The first kappa shape index (κ1) is 12.8. The van der Waals surface area contributed by atoms with Gasteiger partial charge in [0.25, 0.3) is 0 Å². The van der Waals surface area contributed by atoms with E-state index in [1.54, 1.807) is 12.3 Å². The first-order chi connectivity index (χ1) is 9.31. The highest BCUT2D eigenvalue weighted by atomic mass is 15.1. The van der Waals surface area contributed by atoms with Gasteiger partial charge in [0, 0.05) is 19.3 Å². The molecule has 0 aliphatic rings. The van der Waals surface area contributed by atoms with Gasteiger partial charge in [-0.2, -0.15) is 10.2 Å². The number of nitriles is 1. The van der Waals surface area contributed by atoms with E-state index < -0.39 is 0 Å². The number of hydrogen-bond donors (Lipinski definition) is 2.